The van der Waals surface area contributed by atoms with Crippen molar-refractivity contribution in [2.75, 3.05) is 18.8 Å². The monoisotopic (exact) mass is 366 g/mol. The van der Waals surface area contributed by atoms with Gasteiger partial charge in [-0.1, -0.05) is 6.07 Å². The first-order valence-electron chi connectivity index (χ1n) is 8.08. The van der Waals surface area contributed by atoms with Crippen LogP contribution in [0.25, 0.3) is 0 Å². The molecule has 0 unspecified atom stereocenters. The Morgan fingerprint density at radius 2 is 2.12 bits per heavy atom. The van der Waals surface area contributed by atoms with Gasteiger partial charge in [0.25, 0.3) is 0 Å². The average molecular weight is 367 g/mol. The molecule has 3 rings (SSSR count). The summed E-state index contributed by atoms with van der Waals surface area (Å²) in [6, 6.07) is 6.04. The summed E-state index contributed by atoms with van der Waals surface area (Å²) >= 11 is 1.73. The van der Waals surface area contributed by atoms with Crippen molar-refractivity contribution < 1.29 is 13.2 Å². The molecule has 0 amide bonds. The highest BCUT2D eigenvalue weighted by Crippen LogP contribution is 2.20. The van der Waals surface area contributed by atoms with E-state index in [-0.39, 0.29) is 18.1 Å². The third kappa shape index (κ3) is 3.48. The molecule has 24 heavy (non-hydrogen) atoms. The smallest absolute Gasteiger partial charge is 0.214 e. The number of sulfonamides is 1. The lowest BCUT2D eigenvalue weighted by molar-refractivity contribution is 0.0968. The van der Waals surface area contributed by atoms with Crippen LogP contribution in [-0.2, 0) is 23.0 Å². The maximum absolute atomic E-state index is 12.6. The molecule has 2 aromatic heterocycles. The molecule has 5 nitrogen and oxygen atoms in total. The molecule has 130 valence electrons. The van der Waals surface area contributed by atoms with Crippen LogP contribution in [0.15, 0.2) is 23.6 Å². The van der Waals surface area contributed by atoms with Gasteiger partial charge in [-0.2, -0.15) is 4.31 Å². The van der Waals surface area contributed by atoms with Crippen LogP contribution in [0, 0.1) is 13.8 Å². The van der Waals surface area contributed by atoms with E-state index in [0.29, 0.717) is 18.5 Å². The van der Waals surface area contributed by atoms with Gasteiger partial charge in [-0.15, -0.1) is 11.3 Å². The van der Waals surface area contributed by atoms with Crippen molar-refractivity contribution in [2.24, 2.45) is 0 Å². The third-order valence-corrected chi connectivity index (χ3v) is 7.40. The predicted molar refractivity (Wildman–Crippen MR) is 96.2 cm³/mol. The summed E-state index contributed by atoms with van der Waals surface area (Å²) in [5.74, 6) is 0.0380. The summed E-state index contributed by atoms with van der Waals surface area (Å²) in [6.07, 6.45) is 1.54. The minimum absolute atomic E-state index is 0.0441. The number of hydrogen-bond acceptors (Lipinski definition) is 4. The van der Waals surface area contributed by atoms with Gasteiger partial charge in [0.05, 0.1) is 12.3 Å². The molecule has 0 saturated carbocycles. The van der Waals surface area contributed by atoms with Crippen LogP contribution < -0.4 is 0 Å². The van der Waals surface area contributed by atoms with Crippen LogP contribution in [0.5, 0.6) is 0 Å². The van der Waals surface area contributed by atoms with Crippen molar-refractivity contribution in [1.29, 1.82) is 0 Å². The number of nitrogens with zero attached hydrogens (tertiary/aromatic N) is 2. The lowest BCUT2D eigenvalue weighted by Gasteiger charge is -2.13. The zero-order valence-corrected chi connectivity index (χ0v) is 15.6. The second-order valence-corrected chi connectivity index (χ2v) is 9.31. The summed E-state index contributed by atoms with van der Waals surface area (Å²) in [5, 5.41) is 2.07. The number of rotatable bonds is 6. The Kier molecular flexibility index (Phi) is 4.94. The fourth-order valence-corrected chi connectivity index (χ4v) is 5.39. The van der Waals surface area contributed by atoms with Gasteiger partial charge in [0.1, 0.15) is 0 Å². The highest BCUT2D eigenvalue weighted by atomic mass is 32.2. The van der Waals surface area contributed by atoms with E-state index in [1.165, 1.54) is 9.18 Å². The number of aromatic nitrogens is 1. The zero-order chi connectivity index (χ0) is 17.3. The molecule has 0 atom stereocenters. The minimum atomic E-state index is -3.24. The number of hydrogen-bond donors (Lipinski definition) is 0. The van der Waals surface area contributed by atoms with Crippen LogP contribution in [-0.4, -0.2) is 41.9 Å². The first-order chi connectivity index (χ1) is 11.4. The Hall–Kier alpha value is -1.44. The second kappa shape index (κ2) is 6.82. The number of ketones is 1. The summed E-state index contributed by atoms with van der Waals surface area (Å²) in [4.78, 5) is 13.9. The van der Waals surface area contributed by atoms with E-state index in [9.17, 15) is 13.2 Å². The second-order valence-electron chi connectivity index (χ2n) is 6.19. The average Bonchev–Trinajstić information content (AvgIpc) is 3.20. The molecule has 1 aliphatic rings. The van der Waals surface area contributed by atoms with Crippen molar-refractivity contribution in [3.63, 3.8) is 0 Å². The van der Waals surface area contributed by atoms with E-state index in [1.54, 1.807) is 11.3 Å². The molecule has 3 heterocycles. The third-order valence-electron chi connectivity index (χ3n) is 4.56. The molecule has 0 aromatic carbocycles. The fourth-order valence-electron chi connectivity index (χ4n) is 3.22. The van der Waals surface area contributed by atoms with Gasteiger partial charge in [-0.05, 0) is 44.2 Å². The van der Waals surface area contributed by atoms with Gasteiger partial charge < -0.3 is 4.57 Å². The Bertz CT molecular complexity index is 836. The summed E-state index contributed by atoms with van der Waals surface area (Å²) in [6.45, 7) is 5.16. The van der Waals surface area contributed by atoms with E-state index in [1.807, 2.05) is 26.0 Å². The normalized spacial score (nSPS) is 17.4. The van der Waals surface area contributed by atoms with Crippen molar-refractivity contribution in [1.82, 2.24) is 8.87 Å². The number of carbonyl (C=O) groups is 1. The van der Waals surface area contributed by atoms with Gasteiger partial charge in [0.15, 0.2) is 5.78 Å². The standard InChI is InChI=1S/C17H22N2O3S2/c1-13-11-16(17(20)12-18-7-4-10-24(18,21)22)14(2)19(13)8-6-15-5-3-9-23-15/h3,5,9,11H,4,6-8,10,12H2,1-2H3. The number of aryl methyl sites for hydroxylation is 2. The summed E-state index contributed by atoms with van der Waals surface area (Å²) < 4.78 is 27.2. The van der Waals surface area contributed by atoms with Gasteiger partial charge >= 0.3 is 0 Å². The van der Waals surface area contributed by atoms with E-state index >= 15 is 0 Å². The van der Waals surface area contributed by atoms with Crippen LogP contribution in [0.1, 0.15) is 33.0 Å². The lowest BCUT2D eigenvalue weighted by Crippen LogP contribution is -2.31. The maximum atomic E-state index is 12.6. The van der Waals surface area contributed by atoms with Gasteiger partial charge in [-0.25, -0.2) is 8.42 Å². The topological polar surface area (TPSA) is 59.4 Å². The van der Waals surface area contributed by atoms with Crippen LogP contribution in [0.4, 0.5) is 0 Å². The van der Waals surface area contributed by atoms with Crippen LogP contribution in [0.2, 0.25) is 0 Å². The van der Waals surface area contributed by atoms with Crippen molar-refractivity contribution in [2.45, 2.75) is 33.2 Å². The van der Waals surface area contributed by atoms with Gasteiger partial charge in [-0.3, -0.25) is 4.79 Å². The Morgan fingerprint density at radius 3 is 2.75 bits per heavy atom. The Morgan fingerprint density at radius 1 is 1.33 bits per heavy atom. The van der Waals surface area contributed by atoms with Gasteiger partial charge in [0.2, 0.25) is 10.0 Å². The fraction of sp³-hybridized carbons (Fsp3) is 0.471. The largest absolute Gasteiger partial charge is 0.348 e. The first kappa shape index (κ1) is 17.4. The van der Waals surface area contributed by atoms with Crippen molar-refractivity contribution >= 4 is 27.1 Å². The maximum Gasteiger partial charge on any atom is 0.214 e. The lowest BCUT2D eigenvalue weighted by atomic mass is 10.1. The number of carbonyl (C=O) groups excluding carboxylic acids is 1. The molecule has 1 fully saturated rings. The number of Topliss-reactive ketones (excluding diaryl/α,β-unsaturated/α-hetero) is 1. The molecule has 7 heteroatoms. The molecule has 2 aromatic rings. The molecule has 0 spiro atoms. The molecule has 1 saturated heterocycles. The molecular formula is C17H22N2O3S2. The van der Waals surface area contributed by atoms with E-state index in [2.05, 4.69) is 16.0 Å². The van der Waals surface area contributed by atoms with Crippen LogP contribution in [0.3, 0.4) is 0 Å². The summed E-state index contributed by atoms with van der Waals surface area (Å²) in [7, 11) is -3.24. The van der Waals surface area contributed by atoms with Crippen molar-refractivity contribution in [3.8, 4) is 0 Å². The Balaban J connectivity index is 1.74. The molecule has 0 N–H and O–H groups in total. The number of thiophene rings is 1. The summed E-state index contributed by atoms with van der Waals surface area (Å²) in [5.41, 5.74) is 2.60. The molecule has 0 bridgehead atoms. The minimum Gasteiger partial charge on any atom is -0.348 e. The highest BCUT2D eigenvalue weighted by molar-refractivity contribution is 7.89. The molecule has 0 radical (unpaired) electrons. The Labute approximate surface area is 147 Å². The van der Waals surface area contributed by atoms with Gasteiger partial charge in [0, 0.05) is 34.9 Å². The van der Waals surface area contributed by atoms with Crippen molar-refractivity contribution in [3.05, 3.63) is 45.4 Å². The van der Waals surface area contributed by atoms with E-state index in [0.717, 1.165) is 24.4 Å². The zero-order valence-electron chi connectivity index (χ0n) is 14.0. The van der Waals surface area contributed by atoms with E-state index in [4.69, 9.17) is 0 Å². The molecule has 1 aliphatic heterocycles. The highest BCUT2D eigenvalue weighted by Gasteiger charge is 2.30. The van der Waals surface area contributed by atoms with E-state index < -0.39 is 10.0 Å². The molecule has 0 aliphatic carbocycles. The SMILES string of the molecule is Cc1cc(C(=O)CN2CCCS2(=O)=O)c(C)n1CCc1cccs1. The quantitative estimate of drug-likeness (QED) is 0.739. The molecular weight excluding hydrogens is 344 g/mol. The predicted octanol–water partition coefficient (Wildman–Crippen LogP) is 2.63. The van der Waals surface area contributed by atoms with Crippen LogP contribution >= 0.6 is 11.3 Å². The first-order valence-corrected chi connectivity index (χ1v) is 10.6.